The molecule has 1 aromatic rings. The van der Waals surface area contributed by atoms with Gasteiger partial charge in [0.25, 0.3) is 0 Å². The second-order valence-electron chi connectivity index (χ2n) is 6.37. The van der Waals surface area contributed by atoms with Crippen molar-refractivity contribution in [1.29, 1.82) is 0 Å². The van der Waals surface area contributed by atoms with Gasteiger partial charge < -0.3 is 30.5 Å². The van der Waals surface area contributed by atoms with Crippen LogP contribution in [0.5, 0.6) is 0 Å². The van der Waals surface area contributed by atoms with Crippen molar-refractivity contribution < 1.29 is 29.4 Å². The zero-order chi connectivity index (χ0) is 19.8. The first-order valence-electron chi connectivity index (χ1n) is 8.91. The minimum atomic E-state index is -1.43. The summed E-state index contributed by atoms with van der Waals surface area (Å²) in [6, 6.07) is 6.91. The summed E-state index contributed by atoms with van der Waals surface area (Å²) in [5.74, 6) is 0. The van der Waals surface area contributed by atoms with Crippen LogP contribution in [0.4, 0.5) is 5.69 Å². The topological polar surface area (TPSA) is 127 Å². The van der Waals surface area contributed by atoms with Gasteiger partial charge in [-0.25, -0.2) is 4.28 Å². The zero-order valence-corrected chi connectivity index (χ0v) is 17.8. The maximum Gasteiger partial charge on any atom is 0.175 e. The molecule has 9 nitrogen and oxygen atoms in total. The van der Waals surface area contributed by atoms with E-state index in [1.165, 1.54) is 5.56 Å². The third-order valence-corrected chi connectivity index (χ3v) is 4.89. The Bertz CT molecular complexity index is 556. The van der Waals surface area contributed by atoms with E-state index in [0.29, 0.717) is 0 Å². The van der Waals surface area contributed by atoms with Gasteiger partial charge in [-0.3, -0.25) is 4.31 Å². The second kappa shape index (κ2) is 12.9. The van der Waals surface area contributed by atoms with E-state index in [1.54, 1.807) is 11.4 Å². The molecule has 0 saturated carbocycles. The number of aliphatic hydroxyl groups excluding tert-OH is 4. The Hall–Kier alpha value is -0.600. The minimum absolute atomic E-state index is 0. The Morgan fingerprint density at radius 1 is 1.18 bits per heavy atom. The molecule has 28 heavy (non-hydrogen) atoms. The molecule has 5 unspecified atom stereocenters. The fourth-order valence-corrected chi connectivity index (χ4v) is 3.11. The van der Waals surface area contributed by atoms with Crippen molar-refractivity contribution in [2.24, 2.45) is 0 Å². The molecule has 162 valence electrons. The van der Waals surface area contributed by atoms with Crippen LogP contribution in [-0.4, -0.2) is 71.3 Å². The molecule has 0 amide bonds. The Kier molecular flexibility index (Phi) is 11.7. The fourth-order valence-electron chi connectivity index (χ4n) is 2.63. The van der Waals surface area contributed by atoms with Crippen molar-refractivity contribution in [1.82, 2.24) is 10.8 Å². The Labute approximate surface area is 176 Å². The number of nitrogens with one attached hydrogen (secondary N) is 2. The van der Waals surface area contributed by atoms with E-state index < -0.39 is 37.3 Å². The number of anilines is 1. The molecule has 6 N–H and O–H groups in total. The highest BCUT2D eigenvalue weighted by molar-refractivity contribution is 7.96. The smallest absolute Gasteiger partial charge is 0.175 e. The van der Waals surface area contributed by atoms with Gasteiger partial charge in [0.1, 0.15) is 36.6 Å². The van der Waals surface area contributed by atoms with Crippen LogP contribution in [0.25, 0.3) is 0 Å². The molecule has 5 atom stereocenters. The van der Waals surface area contributed by atoms with Crippen molar-refractivity contribution in [3.63, 3.8) is 0 Å². The Morgan fingerprint density at radius 2 is 1.86 bits per heavy atom. The van der Waals surface area contributed by atoms with E-state index >= 15 is 0 Å². The molecule has 1 aliphatic heterocycles. The van der Waals surface area contributed by atoms with E-state index in [0.717, 1.165) is 37.4 Å². The number of rotatable bonds is 10. The van der Waals surface area contributed by atoms with E-state index in [1.807, 2.05) is 24.3 Å². The second-order valence-corrected chi connectivity index (χ2v) is 7.23. The molecule has 0 spiro atoms. The molecule has 0 radical (unpaired) electrons. The number of aliphatic hydroxyl groups is 4. The molecule has 1 aromatic carbocycles. The number of hydroxylamine groups is 1. The molecule has 1 fully saturated rings. The van der Waals surface area contributed by atoms with Crippen LogP contribution >= 0.6 is 25.7 Å². The van der Waals surface area contributed by atoms with Crippen LogP contribution in [0.2, 0.25) is 0 Å². The van der Waals surface area contributed by atoms with Gasteiger partial charge >= 0.3 is 0 Å². The van der Waals surface area contributed by atoms with E-state index in [9.17, 15) is 15.3 Å². The first-order chi connectivity index (χ1) is 13.0. The summed E-state index contributed by atoms with van der Waals surface area (Å²) in [7, 11) is 1.80. The lowest BCUT2D eigenvalue weighted by molar-refractivity contribution is -0.263. The number of ether oxygens (including phenoxy) is 1. The van der Waals surface area contributed by atoms with Gasteiger partial charge in [-0.1, -0.05) is 19.1 Å². The first kappa shape index (κ1) is 25.4. The maximum absolute atomic E-state index is 10.0. The lowest BCUT2D eigenvalue weighted by atomic mass is 9.98. The van der Waals surface area contributed by atoms with Gasteiger partial charge in [-0.15, -0.1) is 0 Å². The van der Waals surface area contributed by atoms with Gasteiger partial charge in [0, 0.05) is 19.3 Å². The summed E-state index contributed by atoms with van der Waals surface area (Å²) < 4.78 is 12.1. The predicted molar refractivity (Wildman–Crippen MR) is 113 cm³/mol. The van der Waals surface area contributed by atoms with Crippen molar-refractivity contribution in [2.45, 2.75) is 50.5 Å². The predicted octanol–water partition coefficient (Wildman–Crippen LogP) is -0.380. The largest absolute Gasteiger partial charge is 0.394 e. The van der Waals surface area contributed by atoms with Gasteiger partial charge in [0.15, 0.2) is 6.29 Å². The number of benzene rings is 1. The van der Waals surface area contributed by atoms with E-state index in [4.69, 9.17) is 14.1 Å². The summed E-state index contributed by atoms with van der Waals surface area (Å²) in [6.45, 7) is 3.41. The summed E-state index contributed by atoms with van der Waals surface area (Å²) in [4.78, 5) is 0. The van der Waals surface area contributed by atoms with Crippen LogP contribution in [0.1, 0.15) is 18.9 Å². The number of hydrogen-bond acceptors (Lipinski definition) is 10. The normalized spacial score (nSPS) is 27.3. The van der Waals surface area contributed by atoms with Crippen LogP contribution in [0.15, 0.2) is 24.3 Å². The summed E-state index contributed by atoms with van der Waals surface area (Å²) in [5.41, 5.74) is 4.58. The summed E-state index contributed by atoms with van der Waals surface area (Å²) in [5, 5.41) is 42.2. The minimum Gasteiger partial charge on any atom is -0.394 e. The molecule has 1 heterocycles. The molecule has 2 rings (SSSR count). The standard InChI is InChI=1S/C17H29N3O6S.H2S/c1-3-8-18-9-11-4-6-12(7-5-11)20(2)27-26-19-14-16(23)15(22)13(10-21)25-17(14)24;/h4-7,13-19,21-24H,3,8-10H2,1-2H3;1H2. The lowest BCUT2D eigenvalue weighted by Gasteiger charge is -2.39. The highest BCUT2D eigenvalue weighted by Crippen LogP contribution is 2.23. The summed E-state index contributed by atoms with van der Waals surface area (Å²) >= 11 is 0.960. The van der Waals surface area contributed by atoms with Crippen molar-refractivity contribution in [2.75, 3.05) is 24.5 Å². The maximum atomic E-state index is 10.0. The van der Waals surface area contributed by atoms with Crippen molar-refractivity contribution >= 4 is 31.4 Å². The zero-order valence-electron chi connectivity index (χ0n) is 16.0. The SMILES string of the molecule is CCCNCc1ccc(N(C)SONC2C(O)OC(CO)C(O)C2O)cc1.S. The Balaban J connectivity index is 0.00000392. The average molecular weight is 438 g/mol. The first-order valence-corrected chi connectivity index (χ1v) is 9.60. The number of hydrogen-bond donors (Lipinski definition) is 6. The van der Waals surface area contributed by atoms with Crippen molar-refractivity contribution in [3.05, 3.63) is 29.8 Å². The third-order valence-electron chi connectivity index (χ3n) is 4.29. The van der Waals surface area contributed by atoms with Crippen molar-refractivity contribution in [3.8, 4) is 0 Å². The summed E-state index contributed by atoms with van der Waals surface area (Å²) in [6.07, 6.45) is -4.08. The van der Waals surface area contributed by atoms with Gasteiger partial charge in [-0.05, 0) is 30.7 Å². The van der Waals surface area contributed by atoms with Gasteiger partial charge in [-0.2, -0.15) is 19.0 Å². The highest BCUT2D eigenvalue weighted by Gasteiger charge is 2.44. The molecule has 11 heteroatoms. The quantitative estimate of drug-likeness (QED) is 0.125. The van der Waals surface area contributed by atoms with E-state index in [2.05, 4.69) is 17.7 Å². The molecule has 1 saturated heterocycles. The molecule has 1 aliphatic rings. The molecular formula is C17H31N3O6S2. The molecule has 0 aliphatic carbocycles. The third kappa shape index (κ3) is 7.02. The lowest BCUT2D eigenvalue weighted by Crippen LogP contribution is -2.63. The monoisotopic (exact) mass is 437 g/mol. The van der Waals surface area contributed by atoms with Gasteiger partial charge in [0.2, 0.25) is 0 Å². The van der Waals surface area contributed by atoms with Crippen LogP contribution in [0, 0.1) is 0 Å². The Morgan fingerprint density at radius 3 is 2.46 bits per heavy atom. The van der Waals surface area contributed by atoms with Crippen LogP contribution in [-0.2, 0) is 15.6 Å². The van der Waals surface area contributed by atoms with Crippen LogP contribution in [0.3, 0.4) is 0 Å². The van der Waals surface area contributed by atoms with Gasteiger partial charge in [0.05, 0.1) is 6.61 Å². The van der Waals surface area contributed by atoms with Crippen LogP contribution < -0.4 is 15.1 Å². The van der Waals surface area contributed by atoms with E-state index in [-0.39, 0.29) is 13.5 Å². The average Bonchev–Trinajstić information content (AvgIpc) is 2.68. The number of nitrogens with zero attached hydrogens (tertiary/aromatic N) is 1. The molecular weight excluding hydrogens is 406 g/mol. The molecule has 0 bridgehead atoms. The molecule has 0 aromatic heterocycles. The highest BCUT2D eigenvalue weighted by atomic mass is 32.2. The fraction of sp³-hybridized carbons (Fsp3) is 0.647.